The van der Waals surface area contributed by atoms with E-state index in [1.54, 1.807) is 60.8 Å². The van der Waals surface area contributed by atoms with Gasteiger partial charge in [-0.2, -0.15) is 32.9 Å². The van der Waals surface area contributed by atoms with Crippen LogP contribution in [0.15, 0.2) is 117 Å². The van der Waals surface area contributed by atoms with Gasteiger partial charge in [0.2, 0.25) is 5.56 Å². The molecule has 2 fully saturated rings. The maximum atomic E-state index is 12.7. The van der Waals surface area contributed by atoms with Crippen molar-refractivity contribution < 1.29 is 0 Å². The Morgan fingerprint density at radius 2 is 1.16 bits per heavy atom. The van der Waals surface area contributed by atoms with Crippen molar-refractivity contribution >= 4 is 45.6 Å². The minimum absolute atomic E-state index is 0.0235. The summed E-state index contributed by atoms with van der Waals surface area (Å²) in [7, 11) is 4.35. The van der Waals surface area contributed by atoms with Gasteiger partial charge in [-0.1, -0.05) is 0 Å². The van der Waals surface area contributed by atoms with E-state index in [-0.39, 0.29) is 11.1 Å². The van der Waals surface area contributed by atoms with Gasteiger partial charge in [0, 0.05) is 136 Å². The normalized spacial score (nSPS) is 15.3. The van der Waals surface area contributed by atoms with Crippen LogP contribution in [0.4, 0.5) is 0 Å². The van der Waals surface area contributed by atoms with E-state index < -0.39 is 0 Å². The Morgan fingerprint density at radius 1 is 0.619 bits per heavy atom. The Balaban J connectivity index is 0.000000146. The average Bonchev–Trinajstić information content (AvgIpc) is 4.16. The molecule has 10 rings (SSSR count). The monoisotopic (exact) mass is 904 g/mol. The molecule has 328 valence electrons. The Kier molecular flexibility index (Phi) is 15.0. The minimum atomic E-state index is -0.132. The summed E-state index contributed by atoms with van der Waals surface area (Å²) in [6, 6.07) is 11.2. The number of likely N-dealkylation sites (N-methyl/N-ethyl adjacent to an activating group) is 2. The van der Waals surface area contributed by atoms with Gasteiger partial charge in [0.25, 0.3) is 5.56 Å². The zero-order valence-electron chi connectivity index (χ0n) is 35.7. The highest BCUT2D eigenvalue weighted by molar-refractivity contribution is 7.08. The predicted octanol–water partition coefficient (Wildman–Crippen LogP) is 6.60. The van der Waals surface area contributed by atoms with Crippen molar-refractivity contribution in [3.8, 4) is 44.5 Å². The first-order valence-corrected chi connectivity index (χ1v) is 23.7. The molecule has 0 amide bonds. The number of hydrogen-bond donors (Lipinski definition) is 1. The van der Waals surface area contributed by atoms with E-state index in [1.165, 1.54) is 32.7 Å². The number of piperazine rings is 2. The Morgan fingerprint density at radius 3 is 1.65 bits per heavy atom. The van der Waals surface area contributed by atoms with E-state index in [2.05, 4.69) is 75.7 Å². The number of halogens is 1. The third-order valence-electron chi connectivity index (χ3n) is 11.5. The van der Waals surface area contributed by atoms with Gasteiger partial charge in [0.15, 0.2) is 11.3 Å². The van der Waals surface area contributed by atoms with Crippen molar-refractivity contribution in [1.29, 1.82) is 0 Å². The SMILES string of the molecule is CN1CCN(CCCCl)CC1.CN1CCN(CCCn2ccc(-c3cnc4c(-c5ccsc5)cnn4c3)cc2=O)CC1.O=c1cc(-c2cnc3c(-c4ccsc4)cnn3c2)cc[nH]1. The number of rotatable bonds is 11. The van der Waals surface area contributed by atoms with Gasteiger partial charge in [-0.05, 0) is 108 Å². The van der Waals surface area contributed by atoms with Gasteiger partial charge in [0.05, 0.1) is 12.4 Å². The molecule has 2 aliphatic rings. The molecule has 0 aliphatic carbocycles. The average molecular weight is 906 g/mol. The van der Waals surface area contributed by atoms with Crippen LogP contribution in [-0.4, -0.2) is 144 Å². The zero-order valence-corrected chi connectivity index (χ0v) is 38.1. The summed E-state index contributed by atoms with van der Waals surface area (Å²) in [5, 5.41) is 17.1. The number of aryl methyl sites for hydroxylation is 1. The van der Waals surface area contributed by atoms with Crippen LogP contribution in [0.2, 0.25) is 0 Å². The Bertz CT molecular complexity index is 2780. The van der Waals surface area contributed by atoms with Crippen LogP contribution in [0.1, 0.15) is 12.8 Å². The second kappa shape index (κ2) is 21.4. The van der Waals surface area contributed by atoms with Crippen molar-refractivity contribution in [2.75, 3.05) is 85.4 Å². The largest absolute Gasteiger partial charge is 0.329 e. The molecule has 1 N–H and O–H groups in total. The van der Waals surface area contributed by atoms with Crippen molar-refractivity contribution in [3.63, 3.8) is 0 Å². The number of hydrogen-bond acceptors (Lipinski definition) is 12. The summed E-state index contributed by atoms with van der Waals surface area (Å²) in [6.07, 6.45) is 16.7. The molecule has 63 heavy (non-hydrogen) atoms. The lowest BCUT2D eigenvalue weighted by Crippen LogP contribution is -2.44. The van der Waals surface area contributed by atoms with Crippen LogP contribution in [0, 0.1) is 0 Å². The van der Waals surface area contributed by atoms with Crippen molar-refractivity contribution in [2.45, 2.75) is 19.4 Å². The second-order valence-electron chi connectivity index (χ2n) is 15.9. The fraction of sp³-hybridized carbons (Fsp3) is 0.348. The first kappa shape index (κ1) is 44.3. The smallest absolute Gasteiger partial charge is 0.251 e. The van der Waals surface area contributed by atoms with Crippen LogP contribution in [-0.2, 0) is 6.54 Å². The third kappa shape index (κ3) is 11.4. The fourth-order valence-corrected chi connectivity index (χ4v) is 9.11. The minimum Gasteiger partial charge on any atom is -0.329 e. The molecule has 0 radical (unpaired) electrons. The van der Waals surface area contributed by atoms with E-state index in [4.69, 9.17) is 11.6 Å². The number of nitrogens with zero attached hydrogens (tertiary/aromatic N) is 11. The molecular formula is C46H53ClN12O2S2. The second-order valence-corrected chi connectivity index (χ2v) is 17.9. The topological polar surface area (TPSA) is 128 Å². The molecule has 14 nitrogen and oxygen atoms in total. The summed E-state index contributed by atoms with van der Waals surface area (Å²) < 4.78 is 5.32. The molecule has 0 bridgehead atoms. The van der Waals surface area contributed by atoms with Crippen molar-refractivity contribution in [2.24, 2.45) is 0 Å². The third-order valence-corrected chi connectivity index (χ3v) is 13.1. The van der Waals surface area contributed by atoms with Crippen LogP contribution < -0.4 is 11.1 Å². The number of H-pyrrole nitrogens is 1. The first-order chi connectivity index (χ1) is 30.8. The Labute approximate surface area is 379 Å². The van der Waals surface area contributed by atoms with Crippen molar-refractivity contribution in [1.82, 2.24) is 58.3 Å². The van der Waals surface area contributed by atoms with E-state index in [0.29, 0.717) is 0 Å². The molecule has 2 aliphatic heterocycles. The number of pyridine rings is 2. The predicted molar refractivity (Wildman–Crippen MR) is 256 cm³/mol. The number of alkyl halides is 1. The molecule has 10 heterocycles. The van der Waals surface area contributed by atoms with Gasteiger partial charge >= 0.3 is 0 Å². The lowest BCUT2D eigenvalue weighted by molar-refractivity contribution is 0.151. The van der Waals surface area contributed by atoms with Crippen LogP contribution in [0.25, 0.3) is 55.8 Å². The molecular weight excluding hydrogens is 852 g/mol. The highest BCUT2D eigenvalue weighted by Crippen LogP contribution is 2.28. The van der Waals surface area contributed by atoms with Gasteiger partial charge in [0.1, 0.15) is 0 Å². The zero-order chi connectivity index (χ0) is 43.5. The highest BCUT2D eigenvalue weighted by atomic mass is 35.5. The first-order valence-electron chi connectivity index (χ1n) is 21.3. The Hall–Kier alpha value is -5.33. The molecule has 0 atom stereocenters. The highest BCUT2D eigenvalue weighted by Gasteiger charge is 2.15. The standard InChI is InChI=1S/C23H26N6OS.C15H10N4OS.C8H17ClN2/c1-26-8-10-27(11-9-26)5-2-6-28-7-3-18(13-22(28)30)20-14-24-23-21(15-25-29(23)16-20)19-4-12-31-17-19;20-14-5-10(1-3-16-14)12-6-17-15-13(7-18-19(15)8-12)11-2-4-21-9-11;1-10-5-7-11(8-6-10)4-2-3-9/h3-4,7,12-17H,2,5-6,8-11H2,1H3;1-9H,(H,16,20);2-8H2,1H3. The van der Waals surface area contributed by atoms with E-state index in [1.807, 2.05) is 66.1 Å². The maximum absolute atomic E-state index is 12.7. The van der Waals surface area contributed by atoms with Crippen LogP contribution in [0.5, 0.6) is 0 Å². The van der Waals surface area contributed by atoms with Gasteiger partial charge in [-0.3, -0.25) is 9.59 Å². The molecule has 2 saturated heterocycles. The summed E-state index contributed by atoms with van der Waals surface area (Å²) in [5.74, 6) is 0.798. The quantitative estimate of drug-likeness (QED) is 0.142. The van der Waals surface area contributed by atoms with E-state index >= 15 is 0 Å². The molecule has 17 heteroatoms. The number of aromatic nitrogens is 8. The van der Waals surface area contributed by atoms with Gasteiger partial charge in [-0.15, -0.1) is 11.6 Å². The summed E-state index contributed by atoms with van der Waals surface area (Å²) in [5.41, 5.74) is 9.21. The molecule has 8 aromatic heterocycles. The summed E-state index contributed by atoms with van der Waals surface area (Å²) >= 11 is 8.91. The van der Waals surface area contributed by atoms with E-state index in [9.17, 15) is 9.59 Å². The number of fused-ring (bicyclic) bond motifs is 2. The van der Waals surface area contributed by atoms with E-state index in [0.717, 1.165) is 114 Å². The number of thiophene rings is 2. The maximum Gasteiger partial charge on any atom is 0.251 e. The summed E-state index contributed by atoms with van der Waals surface area (Å²) in [4.78, 5) is 45.5. The van der Waals surface area contributed by atoms with Crippen molar-refractivity contribution in [3.05, 3.63) is 128 Å². The fourth-order valence-electron chi connectivity index (χ4n) is 7.68. The van der Waals surface area contributed by atoms with Crippen LogP contribution >= 0.6 is 34.3 Å². The molecule has 8 aromatic rings. The van der Waals surface area contributed by atoms with Gasteiger partial charge in [-0.25, -0.2) is 19.0 Å². The molecule has 0 unspecified atom stereocenters. The molecule has 0 saturated carbocycles. The van der Waals surface area contributed by atoms with Crippen LogP contribution in [0.3, 0.4) is 0 Å². The number of aromatic amines is 1. The van der Waals surface area contributed by atoms with Gasteiger partial charge < -0.3 is 29.2 Å². The summed E-state index contributed by atoms with van der Waals surface area (Å²) in [6.45, 7) is 12.3. The molecule has 0 aromatic carbocycles. The number of nitrogens with one attached hydrogen (secondary N) is 1. The lowest BCUT2D eigenvalue weighted by Gasteiger charge is -2.32. The molecule has 0 spiro atoms. The lowest BCUT2D eigenvalue weighted by atomic mass is 10.1.